The van der Waals surface area contributed by atoms with Crippen LogP contribution in [0, 0.1) is 0 Å². The summed E-state index contributed by atoms with van der Waals surface area (Å²) in [6.45, 7) is 12.5. The molecular formula is C17H22Cl2O2. The molecule has 4 heteroatoms. The Balaban J connectivity index is 3.64. The number of ether oxygens (including phenoxy) is 1. The van der Waals surface area contributed by atoms with Gasteiger partial charge in [0.1, 0.15) is 5.75 Å². The predicted molar refractivity (Wildman–Crippen MR) is 89.6 cm³/mol. The van der Waals surface area contributed by atoms with Gasteiger partial charge in [-0.15, -0.1) is 0 Å². The SMILES string of the molecule is CC(C)(C)c1cc(C=O)c(O/C(Cl)=C\Cl)c(C(C)(C)C)c1. The molecule has 2 nitrogen and oxygen atoms in total. The molecule has 1 aromatic rings. The van der Waals surface area contributed by atoms with Crippen LogP contribution in [-0.4, -0.2) is 6.29 Å². The summed E-state index contributed by atoms with van der Waals surface area (Å²) >= 11 is 11.4. The fraction of sp³-hybridized carbons (Fsp3) is 0.471. The highest BCUT2D eigenvalue weighted by molar-refractivity contribution is 6.35. The minimum absolute atomic E-state index is 0.0359. The number of aldehydes is 1. The van der Waals surface area contributed by atoms with Crippen molar-refractivity contribution < 1.29 is 9.53 Å². The number of benzene rings is 1. The maximum absolute atomic E-state index is 11.5. The first-order valence-electron chi connectivity index (χ1n) is 6.78. The molecule has 0 N–H and O–H groups in total. The molecule has 0 aliphatic rings. The second-order valence-corrected chi connectivity index (χ2v) is 7.67. The van der Waals surface area contributed by atoms with Crippen LogP contribution in [0.4, 0.5) is 0 Å². The lowest BCUT2D eigenvalue weighted by Crippen LogP contribution is -2.18. The van der Waals surface area contributed by atoms with E-state index in [9.17, 15) is 4.79 Å². The van der Waals surface area contributed by atoms with E-state index >= 15 is 0 Å². The lowest BCUT2D eigenvalue weighted by atomic mass is 9.79. The molecule has 0 aromatic heterocycles. The van der Waals surface area contributed by atoms with Gasteiger partial charge in [-0.1, -0.05) is 59.2 Å². The molecule has 116 valence electrons. The van der Waals surface area contributed by atoms with Gasteiger partial charge >= 0.3 is 0 Å². The van der Waals surface area contributed by atoms with Crippen molar-refractivity contribution in [3.63, 3.8) is 0 Å². The lowest BCUT2D eigenvalue weighted by Gasteiger charge is -2.28. The molecule has 0 saturated carbocycles. The number of carbonyl (C=O) groups is 1. The van der Waals surface area contributed by atoms with Crippen LogP contribution in [-0.2, 0) is 10.8 Å². The number of carbonyl (C=O) groups excluding carboxylic acids is 1. The van der Waals surface area contributed by atoms with Gasteiger partial charge in [-0.05, 0) is 34.1 Å². The van der Waals surface area contributed by atoms with E-state index in [1.807, 2.05) is 6.07 Å². The number of hydrogen-bond acceptors (Lipinski definition) is 2. The van der Waals surface area contributed by atoms with Crippen LogP contribution < -0.4 is 4.74 Å². The minimum Gasteiger partial charge on any atom is -0.443 e. The van der Waals surface area contributed by atoms with Gasteiger partial charge in [-0.2, -0.15) is 0 Å². The van der Waals surface area contributed by atoms with Gasteiger partial charge in [0.05, 0.1) is 11.1 Å². The summed E-state index contributed by atoms with van der Waals surface area (Å²) in [6, 6.07) is 3.91. The molecule has 0 saturated heterocycles. The highest BCUT2D eigenvalue weighted by Gasteiger charge is 2.26. The number of halogens is 2. The largest absolute Gasteiger partial charge is 0.443 e. The quantitative estimate of drug-likeness (QED) is 0.521. The molecule has 0 spiro atoms. The highest BCUT2D eigenvalue weighted by Crippen LogP contribution is 2.39. The van der Waals surface area contributed by atoms with Crippen LogP contribution in [0.25, 0.3) is 0 Å². The van der Waals surface area contributed by atoms with Gasteiger partial charge in [0.2, 0.25) is 5.22 Å². The Bertz CT molecular complexity index is 561. The summed E-state index contributed by atoms with van der Waals surface area (Å²) in [5, 5.41) is 0.0359. The van der Waals surface area contributed by atoms with Crippen molar-refractivity contribution >= 4 is 29.5 Å². The first kappa shape index (κ1) is 18.1. The van der Waals surface area contributed by atoms with Crippen molar-refractivity contribution in [3.8, 4) is 5.75 Å². The van der Waals surface area contributed by atoms with Crippen molar-refractivity contribution in [1.82, 2.24) is 0 Å². The van der Waals surface area contributed by atoms with E-state index in [0.29, 0.717) is 11.3 Å². The van der Waals surface area contributed by atoms with Crippen molar-refractivity contribution in [2.75, 3.05) is 0 Å². The van der Waals surface area contributed by atoms with Gasteiger partial charge < -0.3 is 4.74 Å². The zero-order chi connectivity index (χ0) is 16.4. The van der Waals surface area contributed by atoms with Crippen LogP contribution >= 0.6 is 23.2 Å². The third-order valence-corrected chi connectivity index (χ3v) is 3.70. The van der Waals surface area contributed by atoms with Crippen LogP contribution in [0.15, 0.2) is 22.9 Å². The fourth-order valence-electron chi connectivity index (χ4n) is 1.96. The van der Waals surface area contributed by atoms with Crippen molar-refractivity contribution in [1.29, 1.82) is 0 Å². The van der Waals surface area contributed by atoms with Gasteiger partial charge in [-0.25, -0.2) is 0 Å². The number of rotatable bonds is 3. The summed E-state index contributed by atoms with van der Waals surface area (Å²) in [7, 11) is 0. The monoisotopic (exact) mass is 328 g/mol. The normalized spacial score (nSPS) is 13.2. The second-order valence-electron chi connectivity index (χ2n) is 7.08. The van der Waals surface area contributed by atoms with Gasteiger partial charge in [0.15, 0.2) is 6.29 Å². The third-order valence-electron chi connectivity index (χ3n) is 3.20. The topological polar surface area (TPSA) is 26.3 Å². The van der Waals surface area contributed by atoms with Crippen molar-refractivity contribution in [3.05, 3.63) is 39.6 Å². The summed E-state index contributed by atoms with van der Waals surface area (Å²) < 4.78 is 5.57. The molecule has 1 aromatic carbocycles. The molecule has 0 bridgehead atoms. The fourth-order valence-corrected chi connectivity index (χ4v) is 2.08. The smallest absolute Gasteiger partial charge is 0.205 e. The van der Waals surface area contributed by atoms with E-state index in [-0.39, 0.29) is 16.0 Å². The summed E-state index contributed by atoms with van der Waals surface area (Å²) in [6.07, 6.45) is 0.790. The Hall–Kier alpha value is -0.990. The highest BCUT2D eigenvalue weighted by atomic mass is 35.5. The third kappa shape index (κ3) is 4.49. The molecule has 0 radical (unpaired) electrons. The van der Waals surface area contributed by atoms with Crippen LogP contribution in [0.2, 0.25) is 0 Å². The molecule has 0 fully saturated rings. The molecule has 21 heavy (non-hydrogen) atoms. The summed E-state index contributed by atoms with van der Waals surface area (Å²) in [5.41, 5.74) is 3.35. The molecule has 0 unspecified atom stereocenters. The molecule has 0 amide bonds. The maximum atomic E-state index is 11.5. The Morgan fingerprint density at radius 2 is 1.67 bits per heavy atom. The van der Waals surface area contributed by atoms with E-state index in [2.05, 4.69) is 47.6 Å². The first-order chi connectivity index (χ1) is 9.50. The predicted octanol–water partition coefficient (Wildman–Crippen LogP) is 5.75. The lowest BCUT2D eigenvalue weighted by molar-refractivity contribution is 0.112. The standard InChI is InChI=1S/C17H22Cl2O2/c1-16(2,3)12-7-11(10-20)15(21-14(19)9-18)13(8-12)17(4,5)6/h7-10H,1-6H3/b14-9-. The maximum Gasteiger partial charge on any atom is 0.205 e. The minimum atomic E-state index is -0.197. The Morgan fingerprint density at radius 3 is 2.05 bits per heavy atom. The van der Waals surface area contributed by atoms with E-state index in [1.165, 1.54) is 0 Å². The van der Waals surface area contributed by atoms with E-state index < -0.39 is 0 Å². The van der Waals surface area contributed by atoms with Gasteiger partial charge in [0, 0.05) is 5.56 Å². The van der Waals surface area contributed by atoms with E-state index in [1.54, 1.807) is 0 Å². The summed E-state index contributed by atoms with van der Waals surface area (Å²) in [5.74, 6) is 0.465. The average Bonchev–Trinajstić information content (AvgIpc) is 2.35. The van der Waals surface area contributed by atoms with E-state index in [4.69, 9.17) is 27.9 Å². The zero-order valence-corrected chi connectivity index (χ0v) is 14.9. The Morgan fingerprint density at radius 1 is 1.10 bits per heavy atom. The Labute approximate surface area is 137 Å². The summed E-state index contributed by atoms with van der Waals surface area (Å²) in [4.78, 5) is 11.5. The zero-order valence-electron chi connectivity index (χ0n) is 13.4. The van der Waals surface area contributed by atoms with E-state index in [0.717, 1.165) is 22.9 Å². The molecule has 1 rings (SSSR count). The first-order valence-corrected chi connectivity index (χ1v) is 7.60. The Kier molecular flexibility index (Phi) is 5.51. The van der Waals surface area contributed by atoms with Crippen LogP contribution in [0.3, 0.4) is 0 Å². The molecule has 0 aliphatic carbocycles. The van der Waals surface area contributed by atoms with Gasteiger partial charge in [0.25, 0.3) is 0 Å². The average molecular weight is 329 g/mol. The van der Waals surface area contributed by atoms with Crippen LogP contribution in [0.5, 0.6) is 5.75 Å². The second kappa shape index (κ2) is 6.41. The molecule has 0 aliphatic heterocycles. The van der Waals surface area contributed by atoms with Crippen LogP contribution in [0.1, 0.15) is 63.0 Å². The molecular weight excluding hydrogens is 307 g/mol. The number of hydrogen-bond donors (Lipinski definition) is 0. The molecule has 0 atom stereocenters. The van der Waals surface area contributed by atoms with Gasteiger partial charge in [-0.3, -0.25) is 4.79 Å². The van der Waals surface area contributed by atoms with Crippen molar-refractivity contribution in [2.45, 2.75) is 52.4 Å². The van der Waals surface area contributed by atoms with Crippen molar-refractivity contribution in [2.24, 2.45) is 0 Å². The molecule has 0 heterocycles.